The quantitative estimate of drug-likeness (QED) is 0.437. The second-order valence-corrected chi connectivity index (χ2v) is 8.28. The molecule has 0 bridgehead atoms. The average molecular weight is 456 g/mol. The lowest BCUT2D eigenvalue weighted by Crippen LogP contribution is -2.31. The number of hydrogen-bond acceptors (Lipinski definition) is 4. The van der Waals surface area contributed by atoms with E-state index < -0.39 is 11.8 Å². The molecular formula is C23H15Cl2NO3S. The van der Waals surface area contributed by atoms with Crippen molar-refractivity contribution in [3.05, 3.63) is 93.3 Å². The molecule has 0 aromatic heterocycles. The minimum atomic E-state index is -0.450. The van der Waals surface area contributed by atoms with Crippen LogP contribution in [-0.2, 0) is 9.59 Å². The highest BCUT2D eigenvalue weighted by Crippen LogP contribution is 2.44. The largest absolute Gasteiger partial charge is 0.496 e. The molecule has 0 saturated heterocycles. The maximum Gasteiger partial charge on any atom is 0.272 e. The topological polar surface area (TPSA) is 46.6 Å². The van der Waals surface area contributed by atoms with Gasteiger partial charge in [-0.2, -0.15) is 0 Å². The van der Waals surface area contributed by atoms with Crippen molar-refractivity contribution >= 4 is 58.0 Å². The summed E-state index contributed by atoms with van der Waals surface area (Å²) in [5.41, 5.74) is 1.16. The summed E-state index contributed by atoms with van der Waals surface area (Å²) in [6.07, 6.45) is 0. The summed E-state index contributed by atoms with van der Waals surface area (Å²) < 4.78 is 5.45. The lowest BCUT2D eigenvalue weighted by atomic mass is 10.0. The van der Waals surface area contributed by atoms with E-state index in [0.717, 1.165) is 9.80 Å². The number of methoxy groups -OCH3 is 1. The molecule has 3 aromatic rings. The van der Waals surface area contributed by atoms with Crippen LogP contribution in [0.2, 0.25) is 10.0 Å². The number of para-hydroxylation sites is 2. The van der Waals surface area contributed by atoms with Crippen LogP contribution in [0.3, 0.4) is 0 Å². The van der Waals surface area contributed by atoms with Gasteiger partial charge in [0.1, 0.15) is 5.75 Å². The number of nitrogens with zero attached hydrogens (tertiary/aromatic N) is 1. The molecule has 1 aliphatic rings. The monoisotopic (exact) mass is 455 g/mol. The molecule has 3 aromatic carbocycles. The molecular weight excluding hydrogens is 441 g/mol. The third-order valence-corrected chi connectivity index (χ3v) is 6.21. The van der Waals surface area contributed by atoms with E-state index >= 15 is 0 Å². The lowest BCUT2D eigenvalue weighted by molar-refractivity contribution is -0.119. The molecule has 0 atom stereocenters. The van der Waals surface area contributed by atoms with Gasteiger partial charge in [0.05, 0.1) is 28.3 Å². The van der Waals surface area contributed by atoms with Gasteiger partial charge in [-0.3, -0.25) is 9.59 Å². The number of hydrogen-bond donors (Lipinski definition) is 0. The van der Waals surface area contributed by atoms with Gasteiger partial charge in [0.25, 0.3) is 11.8 Å². The Labute approximate surface area is 188 Å². The smallest absolute Gasteiger partial charge is 0.272 e. The predicted molar refractivity (Wildman–Crippen MR) is 121 cm³/mol. The van der Waals surface area contributed by atoms with E-state index in [0.29, 0.717) is 32.0 Å². The molecule has 4 rings (SSSR count). The van der Waals surface area contributed by atoms with E-state index in [1.807, 2.05) is 6.07 Å². The Bertz CT molecular complexity index is 1180. The van der Waals surface area contributed by atoms with E-state index in [1.54, 1.807) is 66.7 Å². The Kier molecular flexibility index (Phi) is 5.86. The molecule has 0 N–H and O–H groups in total. The Morgan fingerprint density at radius 3 is 2.20 bits per heavy atom. The van der Waals surface area contributed by atoms with Crippen LogP contribution in [0, 0.1) is 0 Å². The molecule has 0 fully saturated rings. The van der Waals surface area contributed by atoms with Gasteiger partial charge in [-0.05, 0) is 42.5 Å². The summed E-state index contributed by atoms with van der Waals surface area (Å²) in [6, 6.07) is 21.0. The zero-order valence-electron chi connectivity index (χ0n) is 15.8. The van der Waals surface area contributed by atoms with Gasteiger partial charge >= 0.3 is 0 Å². The number of imide groups is 1. The maximum absolute atomic E-state index is 13.5. The van der Waals surface area contributed by atoms with Crippen LogP contribution >= 0.6 is 35.0 Å². The van der Waals surface area contributed by atoms with Crippen molar-refractivity contribution in [2.75, 3.05) is 12.0 Å². The van der Waals surface area contributed by atoms with Crippen molar-refractivity contribution in [2.24, 2.45) is 0 Å². The standard InChI is InChI=1S/C23H15Cl2NO3S/c1-29-19-9-5-2-6-16(19)20-21(30-15-12-10-14(24)11-13-15)23(28)26(22(20)27)18-8-4-3-7-17(18)25/h2-13H,1H3. The van der Waals surface area contributed by atoms with Crippen LogP contribution < -0.4 is 9.64 Å². The SMILES string of the molecule is COc1ccccc1C1=C(Sc2ccc(Cl)cc2)C(=O)N(c2ccccc2Cl)C1=O. The second kappa shape index (κ2) is 8.56. The van der Waals surface area contributed by atoms with Crippen LogP contribution in [0.5, 0.6) is 5.75 Å². The highest BCUT2D eigenvalue weighted by Gasteiger charge is 2.42. The number of carbonyl (C=O) groups is 2. The first-order valence-corrected chi connectivity index (χ1v) is 10.5. The minimum absolute atomic E-state index is 0.275. The summed E-state index contributed by atoms with van der Waals surface area (Å²) >= 11 is 13.5. The zero-order chi connectivity index (χ0) is 21.3. The summed E-state index contributed by atoms with van der Waals surface area (Å²) in [6.45, 7) is 0. The van der Waals surface area contributed by atoms with Crippen molar-refractivity contribution in [3.63, 3.8) is 0 Å². The molecule has 0 saturated carbocycles. The van der Waals surface area contributed by atoms with E-state index in [1.165, 1.54) is 18.9 Å². The first-order valence-electron chi connectivity index (χ1n) is 8.95. The number of rotatable bonds is 5. The molecule has 30 heavy (non-hydrogen) atoms. The number of amides is 2. The van der Waals surface area contributed by atoms with Gasteiger partial charge in [-0.15, -0.1) is 0 Å². The molecule has 1 aliphatic heterocycles. The summed E-state index contributed by atoms with van der Waals surface area (Å²) in [5.74, 6) is -0.383. The van der Waals surface area contributed by atoms with Gasteiger partial charge in [0.15, 0.2) is 0 Å². The van der Waals surface area contributed by atoms with Crippen LogP contribution in [0.25, 0.3) is 5.57 Å². The Morgan fingerprint density at radius 2 is 1.50 bits per heavy atom. The summed E-state index contributed by atoms with van der Waals surface area (Å²) in [4.78, 5) is 29.1. The minimum Gasteiger partial charge on any atom is -0.496 e. The number of thioether (sulfide) groups is 1. The van der Waals surface area contributed by atoms with Crippen molar-refractivity contribution < 1.29 is 14.3 Å². The Morgan fingerprint density at radius 1 is 0.833 bits per heavy atom. The van der Waals surface area contributed by atoms with Crippen molar-refractivity contribution in [3.8, 4) is 5.75 Å². The number of anilines is 1. The number of carbonyl (C=O) groups excluding carboxylic acids is 2. The normalized spacial score (nSPS) is 13.9. The molecule has 0 spiro atoms. The van der Waals surface area contributed by atoms with Crippen molar-refractivity contribution in [1.29, 1.82) is 0 Å². The molecule has 150 valence electrons. The van der Waals surface area contributed by atoms with Crippen LogP contribution in [0.15, 0.2) is 82.6 Å². The van der Waals surface area contributed by atoms with Gasteiger partial charge in [-0.25, -0.2) is 4.90 Å². The summed E-state index contributed by atoms with van der Waals surface area (Å²) in [7, 11) is 1.53. The maximum atomic E-state index is 13.5. The van der Waals surface area contributed by atoms with Crippen LogP contribution in [-0.4, -0.2) is 18.9 Å². The van der Waals surface area contributed by atoms with Crippen molar-refractivity contribution in [1.82, 2.24) is 0 Å². The van der Waals surface area contributed by atoms with Crippen LogP contribution in [0.1, 0.15) is 5.56 Å². The van der Waals surface area contributed by atoms with E-state index in [-0.39, 0.29) is 5.57 Å². The number of halogens is 2. The summed E-state index contributed by atoms with van der Waals surface area (Å²) in [5, 5.41) is 0.904. The Hall–Kier alpha value is -2.73. The predicted octanol–water partition coefficient (Wildman–Crippen LogP) is 6.08. The fourth-order valence-corrected chi connectivity index (χ4v) is 4.50. The second-order valence-electron chi connectivity index (χ2n) is 6.36. The third-order valence-electron chi connectivity index (χ3n) is 4.54. The third kappa shape index (κ3) is 3.72. The van der Waals surface area contributed by atoms with Gasteiger partial charge < -0.3 is 4.74 Å². The molecule has 0 radical (unpaired) electrons. The molecule has 4 nitrogen and oxygen atoms in total. The molecule has 7 heteroatoms. The van der Waals surface area contributed by atoms with E-state index in [9.17, 15) is 9.59 Å². The lowest BCUT2D eigenvalue weighted by Gasteiger charge is -2.16. The molecule has 0 unspecified atom stereocenters. The fourth-order valence-electron chi connectivity index (χ4n) is 3.17. The van der Waals surface area contributed by atoms with Gasteiger partial charge in [-0.1, -0.05) is 65.3 Å². The molecule has 1 heterocycles. The fraction of sp³-hybridized carbons (Fsp3) is 0.0435. The van der Waals surface area contributed by atoms with Gasteiger partial charge in [0.2, 0.25) is 0 Å². The highest BCUT2D eigenvalue weighted by atomic mass is 35.5. The number of benzene rings is 3. The first kappa shape index (κ1) is 20.5. The van der Waals surface area contributed by atoms with Gasteiger partial charge in [0, 0.05) is 15.5 Å². The number of ether oxygens (including phenoxy) is 1. The van der Waals surface area contributed by atoms with Crippen molar-refractivity contribution in [2.45, 2.75) is 4.90 Å². The van der Waals surface area contributed by atoms with E-state index in [2.05, 4.69) is 0 Å². The first-order chi connectivity index (χ1) is 14.5. The highest BCUT2D eigenvalue weighted by molar-refractivity contribution is 8.04. The zero-order valence-corrected chi connectivity index (χ0v) is 18.1. The van der Waals surface area contributed by atoms with E-state index in [4.69, 9.17) is 27.9 Å². The Balaban J connectivity index is 1.88. The average Bonchev–Trinajstić information content (AvgIpc) is 2.99. The van der Waals surface area contributed by atoms with Crippen LogP contribution in [0.4, 0.5) is 5.69 Å². The molecule has 0 aliphatic carbocycles. The molecule has 2 amide bonds.